The number of likely N-dealkylation sites (N-methyl/N-ethyl adjacent to an activating group) is 1. The molecule has 14 nitrogen and oxygen atoms in total. The molecule has 2 saturated heterocycles. The third-order valence-corrected chi connectivity index (χ3v) is 13.3. The lowest BCUT2D eigenvalue weighted by Gasteiger charge is -2.35. The minimum Gasteiger partial charge on any atom is -0.380 e. The van der Waals surface area contributed by atoms with Crippen LogP contribution in [0.25, 0.3) is 22.3 Å². The Kier molecular flexibility index (Phi) is 13.0. The second-order valence-electron chi connectivity index (χ2n) is 17.6. The summed E-state index contributed by atoms with van der Waals surface area (Å²) in [6, 6.07) is 20.6. The molecule has 65 heavy (non-hydrogen) atoms. The zero-order chi connectivity index (χ0) is 46.2. The van der Waals surface area contributed by atoms with Crippen LogP contribution in [0.3, 0.4) is 0 Å². The normalized spacial score (nSPS) is 17.6. The second kappa shape index (κ2) is 18.6. The Morgan fingerprint density at radius 1 is 0.954 bits per heavy atom. The summed E-state index contributed by atoms with van der Waals surface area (Å²) in [7, 11) is 1.76. The van der Waals surface area contributed by atoms with Gasteiger partial charge in [0.15, 0.2) is 5.84 Å². The van der Waals surface area contributed by atoms with E-state index in [0.29, 0.717) is 84.7 Å². The molecule has 2 amide bonds. The van der Waals surface area contributed by atoms with Crippen molar-refractivity contribution in [2.45, 2.75) is 83.2 Å². The molecule has 2 atom stereocenters. The van der Waals surface area contributed by atoms with Gasteiger partial charge in [0.1, 0.15) is 12.8 Å². The molecule has 0 aliphatic carbocycles. The van der Waals surface area contributed by atoms with Crippen LogP contribution in [0.1, 0.15) is 85.3 Å². The number of amides is 2. The van der Waals surface area contributed by atoms with Crippen LogP contribution in [0.4, 0.5) is 18.9 Å². The fraction of sp³-hybridized carbons (Fsp3) is 0.417. The number of piperidine rings is 2. The van der Waals surface area contributed by atoms with Crippen molar-refractivity contribution < 1.29 is 32.6 Å². The average Bonchev–Trinajstić information content (AvgIpc) is 3.88. The molecule has 3 aliphatic rings. The average molecular weight is 895 g/mol. The van der Waals surface area contributed by atoms with Gasteiger partial charge >= 0.3 is 11.9 Å². The maximum absolute atomic E-state index is 14.5. The van der Waals surface area contributed by atoms with Crippen molar-refractivity contribution in [1.29, 1.82) is 0 Å². The molecule has 4 N–H and O–H groups in total. The fourth-order valence-corrected chi connectivity index (χ4v) is 9.52. The van der Waals surface area contributed by atoms with Gasteiger partial charge in [-0.2, -0.15) is 18.3 Å². The number of rotatable bonds is 13. The standard InChI is InChI=1S/C48H54F3N9O5/c1-4-40(45(52)63)60(65)41-13-12-36(22-30(41)2)34-10-8-33(9-11-34)35-16-20-57(21-17-35)43(61)24-31-14-18-56(19-15-31)26-32-23-39(48(49,50)51)42-28-58(47(64)59(42)27-32)38-7-5-6-37(25-38)44(62)46-54-53-29-55(46)3/h5-13,22-23,25,27-28,31,35,40,44,53,62H,4,14-21,24,26,29H2,1-3H3,(H-,52,63)/p+1/t40-,44-/m0/s1. The van der Waals surface area contributed by atoms with Crippen LogP contribution < -0.4 is 16.8 Å². The summed E-state index contributed by atoms with van der Waals surface area (Å²) in [4.78, 5) is 57.6. The summed E-state index contributed by atoms with van der Waals surface area (Å²) in [6.07, 6.45) is 0.792. The summed E-state index contributed by atoms with van der Waals surface area (Å²) in [6.45, 7) is 6.82. The van der Waals surface area contributed by atoms with E-state index in [0.717, 1.165) is 57.4 Å². The molecule has 0 radical (unpaired) electrons. The van der Waals surface area contributed by atoms with E-state index >= 15 is 0 Å². The van der Waals surface area contributed by atoms with Gasteiger partial charge in [0, 0.05) is 68.5 Å². The number of imidazole rings is 1. The summed E-state index contributed by atoms with van der Waals surface area (Å²) in [5, 5.41) is 15.1. The molecule has 5 aromatic rings. The highest BCUT2D eigenvalue weighted by Crippen LogP contribution is 2.36. The highest BCUT2D eigenvalue weighted by Gasteiger charge is 2.36. The smallest absolute Gasteiger partial charge is 0.380 e. The number of carbonyl (C=O) groups is 2. The number of likely N-dealkylation sites (tertiary alicyclic amines) is 2. The highest BCUT2D eigenvalue weighted by molar-refractivity contribution is 5.88. The van der Waals surface area contributed by atoms with E-state index in [1.807, 2.05) is 24.0 Å². The molecular weight excluding hydrogens is 840 g/mol. The van der Waals surface area contributed by atoms with Crippen LogP contribution in [-0.2, 0) is 22.3 Å². The molecule has 5 heterocycles. The van der Waals surface area contributed by atoms with Gasteiger partial charge in [0.05, 0.1) is 21.5 Å². The number of aromatic nitrogens is 2. The van der Waals surface area contributed by atoms with Crippen molar-refractivity contribution in [3.05, 3.63) is 128 Å². The predicted octanol–water partition coefficient (Wildman–Crippen LogP) is 6.61. The van der Waals surface area contributed by atoms with Gasteiger partial charge < -0.3 is 20.6 Å². The van der Waals surface area contributed by atoms with Gasteiger partial charge in [-0.1, -0.05) is 43.3 Å². The molecule has 2 fully saturated rings. The third kappa shape index (κ3) is 9.57. The van der Waals surface area contributed by atoms with Gasteiger partial charge in [-0.15, -0.1) is 0 Å². The van der Waals surface area contributed by atoms with Gasteiger partial charge in [-0.25, -0.2) is 4.79 Å². The summed E-state index contributed by atoms with van der Waals surface area (Å²) >= 11 is 0. The number of nitrogens with two attached hydrogens (primary N) is 1. The number of nitrogens with one attached hydrogen (secondary N) is 1. The Morgan fingerprint density at radius 3 is 2.29 bits per heavy atom. The van der Waals surface area contributed by atoms with E-state index in [1.165, 1.54) is 18.0 Å². The topological polar surface area (TPSA) is 161 Å². The molecule has 0 unspecified atom stereocenters. The maximum atomic E-state index is 14.5. The number of halogens is 3. The summed E-state index contributed by atoms with van der Waals surface area (Å²) in [5.41, 5.74) is 11.9. The van der Waals surface area contributed by atoms with Crippen LogP contribution in [0.15, 0.2) is 95.1 Å². The number of aryl methyl sites for hydroxylation is 1. The number of nitroso groups, excluding NO2 is 1. The minimum absolute atomic E-state index is 0.134. The molecule has 17 heteroatoms. The van der Waals surface area contributed by atoms with Crippen LogP contribution in [0.2, 0.25) is 0 Å². The molecule has 3 aromatic carbocycles. The number of nitrogens with zero attached hydrogens (tertiary/aromatic N) is 7. The lowest BCUT2D eigenvalue weighted by molar-refractivity contribution is -0.492. The van der Waals surface area contributed by atoms with Crippen LogP contribution in [0.5, 0.6) is 0 Å². The highest BCUT2D eigenvalue weighted by atomic mass is 19.4. The number of aliphatic hydroxyl groups excluding tert-OH is 1. The number of hydrogen-bond acceptors (Lipinski definition) is 9. The van der Waals surface area contributed by atoms with Gasteiger partial charge in [-0.05, 0) is 116 Å². The number of amidine groups is 1. The Morgan fingerprint density at radius 2 is 1.66 bits per heavy atom. The summed E-state index contributed by atoms with van der Waals surface area (Å²) in [5.74, 6) is 0.364. The maximum Gasteiger partial charge on any atom is 0.418 e. The molecule has 8 rings (SSSR count). The monoisotopic (exact) mass is 894 g/mol. The first-order valence-corrected chi connectivity index (χ1v) is 22.2. The molecule has 0 saturated carbocycles. The lowest BCUT2D eigenvalue weighted by Crippen LogP contribution is -2.40. The van der Waals surface area contributed by atoms with Crippen molar-refractivity contribution >= 4 is 28.9 Å². The molecule has 0 bridgehead atoms. The predicted molar refractivity (Wildman–Crippen MR) is 241 cm³/mol. The number of benzene rings is 3. The molecule has 2 aromatic heterocycles. The second-order valence-corrected chi connectivity index (χ2v) is 17.6. The first-order chi connectivity index (χ1) is 31.1. The first kappa shape index (κ1) is 45.2. The molecule has 342 valence electrons. The number of pyridine rings is 1. The first-order valence-electron chi connectivity index (χ1n) is 22.2. The number of aliphatic hydroxyl groups is 1. The molecule has 0 spiro atoms. The molecule has 3 aliphatic heterocycles. The number of hydrogen-bond donors (Lipinski definition) is 3. The van der Waals surface area contributed by atoms with Gasteiger partial charge in [0.25, 0.3) is 17.6 Å². The minimum atomic E-state index is -4.71. The van der Waals surface area contributed by atoms with E-state index in [1.54, 1.807) is 49.2 Å². The zero-order valence-corrected chi connectivity index (χ0v) is 36.8. The van der Waals surface area contributed by atoms with Gasteiger partial charge in [-0.3, -0.25) is 28.9 Å². The Bertz CT molecular complexity index is 2680. The quantitative estimate of drug-likeness (QED) is 0.111. The molecular formula is C48H55F3N9O5+. The van der Waals surface area contributed by atoms with Crippen LogP contribution >= 0.6 is 0 Å². The fourth-order valence-electron chi connectivity index (χ4n) is 9.52. The number of fused-ring (bicyclic) bond motifs is 1. The SMILES string of the molecule is CC[C@@H](C(N)=O)[N+](=O)c1ccc(-c2ccc(C3CCN(C(=O)CC4CCN(Cc5cc(C(F)(F)F)c6cn(-c7cccc([C@H](O)C8=NNCN8C)c7)c(=O)n6c5)CC4)CC3)cc2)cc1C. The number of hydrazone groups is 1. The van der Waals surface area contributed by atoms with E-state index in [2.05, 4.69) is 39.7 Å². The van der Waals surface area contributed by atoms with Crippen molar-refractivity contribution in [2.24, 2.45) is 16.8 Å². The van der Waals surface area contributed by atoms with Crippen molar-refractivity contribution in [1.82, 2.24) is 29.1 Å². The lowest BCUT2D eigenvalue weighted by atomic mass is 9.87. The largest absolute Gasteiger partial charge is 0.418 e. The van der Waals surface area contributed by atoms with Crippen molar-refractivity contribution in [3.63, 3.8) is 0 Å². The van der Waals surface area contributed by atoms with Crippen molar-refractivity contribution in [3.8, 4) is 16.8 Å². The van der Waals surface area contributed by atoms with E-state index in [-0.39, 0.29) is 23.9 Å². The van der Waals surface area contributed by atoms with Crippen molar-refractivity contribution in [2.75, 3.05) is 39.9 Å². The van der Waals surface area contributed by atoms with E-state index in [4.69, 9.17) is 5.73 Å². The third-order valence-electron chi connectivity index (χ3n) is 13.3. The number of primary amides is 1. The number of carbonyl (C=O) groups excluding carboxylic acids is 2. The number of alkyl halides is 3. The van der Waals surface area contributed by atoms with Crippen LogP contribution in [0, 0.1) is 17.7 Å². The summed E-state index contributed by atoms with van der Waals surface area (Å²) < 4.78 is 46.5. The Labute approximate surface area is 374 Å². The van der Waals surface area contributed by atoms with Gasteiger partial charge in [0.2, 0.25) is 5.91 Å². The Hall–Kier alpha value is -6.33. The zero-order valence-electron chi connectivity index (χ0n) is 36.8. The van der Waals surface area contributed by atoms with Crippen LogP contribution in [-0.4, -0.2) is 97.1 Å². The Balaban J connectivity index is 0.845. The van der Waals surface area contributed by atoms with E-state index in [9.17, 15) is 37.6 Å². The van der Waals surface area contributed by atoms with E-state index < -0.39 is 35.5 Å².